The lowest BCUT2D eigenvalue weighted by atomic mass is 10.2. The van der Waals surface area contributed by atoms with E-state index in [9.17, 15) is 13.2 Å². The van der Waals surface area contributed by atoms with Crippen LogP contribution in [-0.2, 0) is 21.4 Å². The van der Waals surface area contributed by atoms with Crippen molar-refractivity contribution in [2.45, 2.75) is 24.3 Å². The molecule has 1 heterocycles. The molecule has 8 heteroatoms. The molecular formula is C20H25ClN3O3S+. The van der Waals surface area contributed by atoms with Crippen LogP contribution in [0.1, 0.15) is 18.4 Å². The number of sulfonamides is 1. The average molecular weight is 423 g/mol. The monoisotopic (exact) mass is 422 g/mol. The molecule has 0 saturated carbocycles. The number of carbonyl (C=O) groups excluding carboxylic acids is 1. The zero-order chi connectivity index (χ0) is 20.1. The third-order valence-corrected chi connectivity index (χ3v) is 6.89. The lowest BCUT2D eigenvalue weighted by molar-refractivity contribution is -0.885. The normalized spacial score (nSPS) is 16.1. The number of likely N-dealkylation sites (N-methyl/N-ethyl adjacent to an activating group) is 1. The van der Waals surface area contributed by atoms with E-state index in [-0.39, 0.29) is 10.8 Å². The maximum absolute atomic E-state index is 12.5. The van der Waals surface area contributed by atoms with Crippen LogP contribution in [0.15, 0.2) is 53.4 Å². The smallest absolute Gasteiger partial charge is 0.279 e. The molecule has 2 N–H and O–H groups in total. The van der Waals surface area contributed by atoms with E-state index in [0.29, 0.717) is 36.9 Å². The van der Waals surface area contributed by atoms with Gasteiger partial charge in [-0.25, -0.2) is 8.42 Å². The lowest BCUT2D eigenvalue weighted by Gasteiger charge is -2.16. The van der Waals surface area contributed by atoms with E-state index in [1.54, 1.807) is 24.3 Å². The summed E-state index contributed by atoms with van der Waals surface area (Å²) in [6.07, 6.45) is 1.80. The van der Waals surface area contributed by atoms with Gasteiger partial charge in [0.2, 0.25) is 10.0 Å². The number of rotatable bonds is 7. The summed E-state index contributed by atoms with van der Waals surface area (Å²) in [5, 5.41) is 3.52. The quantitative estimate of drug-likeness (QED) is 0.714. The number of quaternary nitrogens is 1. The Morgan fingerprint density at radius 2 is 1.68 bits per heavy atom. The predicted octanol–water partition coefficient (Wildman–Crippen LogP) is 1.78. The van der Waals surface area contributed by atoms with E-state index in [2.05, 4.69) is 5.32 Å². The molecule has 28 heavy (non-hydrogen) atoms. The number of nitrogens with zero attached hydrogens (tertiary/aromatic N) is 1. The van der Waals surface area contributed by atoms with Crippen molar-refractivity contribution < 1.29 is 18.1 Å². The second-order valence-corrected chi connectivity index (χ2v) is 9.50. The van der Waals surface area contributed by atoms with E-state index in [1.807, 2.05) is 31.3 Å². The number of hydrogen-bond donors (Lipinski definition) is 2. The van der Waals surface area contributed by atoms with Crippen molar-refractivity contribution in [3.63, 3.8) is 0 Å². The molecule has 1 fully saturated rings. The summed E-state index contributed by atoms with van der Waals surface area (Å²) in [7, 11) is -1.49. The maximum Gasteiger partial charge on any atom is 0.279 e. The molecule has 1 atom stereocenters. The van der Waals surface area contributed by atoms with Gasteiger partial charge in [0.05, 0.1) is 11.9 Å². The lowest BCUT2D eigenvalue weighted by Crippen LogP contribution is -3.08. The Kier molecular flexibility index (Phi) is 6.72. The van der Waals surface area contributed by atoms with Crippen molar-refractivity contribution in [1.82, 2.24) is 4.31 Å². The Morgan fingerprint density at radius 1 is 1.07 bits per heavy atom. The van der Waals surface area contributed by atoms with Crippen molar-refractivity contribution in [3.05, 3.63) is 59.1 Å². The molecule has 1 aliphatic rings. The SMILES string of the molecule is C[NH+](CC(=O)Nc1ccc(S(=O)(=O)N2CCCC2)cc1)Cc1ccc(Cl)cc1. The van der Waals surface area contributed by atoms with Crippen LogP contribution in [0.5, 0.6) is 0 Å². The number of anilines is 1. The first-order chi connectivity index (χ1) is 13.3. The highest BCUT2D eigenvalue weighted by Crippen LogP contribution is 2.22. The van der Waals surface area contributed by atoms with Gasteiger partial charge in [-0.3, -0.25) is 4.79 Å². The minimum absolute atomic E-state index is 0.124. The van der Waals surface area contributed by atoms with Gasteiger partial charge in [-0.2, -0.15) is 4.31 Å². The minimum atomic E-state index is -3.43. The third-order valence-electron chi connectivity index (χ3n) is 4.72. The predicted molar refractivity (Wildman–Crippen MR) is 110 cm³/mol. The zero-order valence-corrected chi connectivity index (χ0v) is 17.4. The Bertz CT molecular complexity index is 909. The summed E-state index contributed by atoms with van der Waals surface area (Å²) in [6, 6.07) is 13.9. The third kappa shape index (κ3) is 5.32. The summed E-state index contributed by atoms with van der Waals surface area (Å²) in [5.41, 5.74) is 1.69. The standard InChI is InChI=1S/C20H24ClN3O3S/c1-23(14-16-4-6-17(21)7-5-16)15-20(25)22-18-8-10-19(11-9-18)28(26,27)24-12-2-3-13-24/h4-11H,2-3,12-15H2,1H3,(H,22,25)/p+1. The molecule has 0 radical (unpaired) electrons. The van der Waals surface area contributed by atoms with Crippen LogP contribution in [0.25, 0.3) is 0 Å². The van der Waals surface area contributed by atoms with Gasteiger partial charge < -0.3 is 10.2 Å². The second kappa shape index (κ2) is 9.05. The molecule has 3 rings (SSSR count). The van der Waals surface area contributed by atoms with E-state index < -0.39 is 10.0 Å². The fourth-order valence-corrected chi connectivity index (χ4v) is 4.92. The van der Waals surface area contributed by atoms with Gasteiger partial charge in [-0.05, 0) is 49.2 Å². The number of carbonyl (C=O) groups is 1. The number of hydrogen-bond acceptors (Lipinski definition) is 3. The van der Waals surface area contributed by atoms with E-state index >= 15 is 0 Å². The first kappa shape index (κ1) is 20.8. The largest absolute Gasteiger partial charge is 0.326 e. The summed E-state index contributed by atoms with van der Waals surface area (Å²) in [6.45, 7) is 2.15. The van der Waals surface area contributed by atoms with Gasteiger partial charge in [-0.15, -0.1) is 0 Å². The van der Waals surface area contributed by atoms with Gasteiger partial charge in [0.1, 0.15) is 6.54 Å². The first-order valence-corrected chi connectivity index (χ1v) is 11.1. The molecule has 0 aromatic heterocycles. The molecular weight excluding hydrogens is 398 g/mol. The van der Waals surface area contributed by atoms with Crippen LogP contribution in [0.4, 0.5) is 5.69 Å². The summed E-state index contributed by atoms with van der Waals surface area (Å²) in [5.74, 6) is -0.124. The number of nitrogens with one attached hydrogen (secondary N) is 2. The van der Waals surface area contributed by atoms with Crippen LogP contribution >= 0.6 is 11.6 Å². The molecule has 2 aromatic rings. The van der Waals surface area contributed by atoms with Crippen LogP contribution in [0, 0.1) is 0 Å². The highest BCUT2D eigenvalue weighted by Gasteiger charge is 2.26. The van der Waals surface area contributed by atoms with Gasteiger partial charge in [0.25, 0.3) is 5.91 Å². The Hall–Kier alpha value is -1.93. The zero-order valence-electron chi connectivity index (χ0n) is 15.8. The summed E-state index contributed by atoms with van der Waals surface area (Å²) >= 11 is 5.89. The highest BCUT2D eigenvalue weighted by molar-refractivity contribution is 7.89. The van der Waals surface area contributed by atoms with Crippen molar-refractivity contribution in [2.24, 2.45) is 0 Å². The van der Waals surface area contributed by atoms with Crippen LogP contribution < -0.4 is 10.2 Å². The van der Waals surface area contributed by atoms with Crippen molar-refractivity contribution in [2.75, 3.05) is 32.0 Å². The van der Waals surface area contributed by atoms with Crippen molar-refractivity contribution in [1.29, 1.82) is 0 Å². The van der Waals surface area contributed by atoms with E-state index in [0.717, 1.165) is 23.3 Å². The van der Waals surface area contributed by atoms with Gasteiger partial charge in [-0.1, -0.05) is 23.7 Å². The first-order valence-electron chi connectivity index (χ1n) is 9.30. The van der Waals surface area contributed by atoms with Crippen LogP contribution in [0.3, 0.4) is 0 Å². The summed E-state index contributed by atoms with van der Waals surface area (Å²) < 4.78 is 26.6. The molecule has 1 aliphatic heterocycles. The Balaban J connectivity index is 1.54. The van der Waals surface area contributed by atoms with Gasteiger partial charge >= 0.3 is 0 Å². The Morgan fingerprint density at radius 3 is 2.29 bits per heavy atom. The maximum atomic E-state index is 12.5. The molecule has 1 saturated heterocycles. The molecule has 2 aromatic carbocycles. The molecule has 1 amide bonds. The minimum Gasteiger partial charge on any atom is -0.326 e. The number of benzene rings is 2. The molecule has 1 unspecified atom stereocenters. The van der Waals surface area contributed by atoms with Crippen molar-refractivity contribution in [3.8, 4) is 0 Å². The summed E-state index contributed by atoms with van der Waals surface area (Å²) in [4.78, 5) is 13.6. The molecule has 150 valence electrons. The topological polar surface area (TPSA) is 70.9 Å². The fraction of sp³-hybridized carbons (Fsp3) is 0.350. The second-order valence-electron chi connectivity index (χ2n) is 7.12. The molecule has 0 bridgehead atoms. The van der Waals surface area contributed by atoms with E-state index in [1.165, 1.54) is 4.31 Å². The average Bonchev–Trinajstić information content (AvgIpc) is 3.19. The van der Waals surface area contributed by atoms with Crippen LogP contribution in [0.2, 0.25) is 5.02 Å². The van der Waals surface area contributed by atoms with Gasteiger partial charge in [0.15, 0.2) is 6.54 Å². The number of halogens is 1. The Labute approximate surface area is 171 Å². The van der Waals surface area contributed by atoms with E-state index in [4.69, 9.17) is 11.6 Å². The fourth-order valence-electron chi connectivity index (χ4n) is 3.28. The highest BCUT2D eigenvalue weighted by atomic mass is 35.5. The molecule has 6 nitrogen and oxygen atoms in total. The number of amides is 1. The van der Waals surface area contributed by atoms with Crippen molar-refractivity contribution >= 4 is 33.2 Å². The van der Waals surface area contributed by atoms with Crippen LogP contribution in [-0.4, -0.2) is 45.3 Å². The van der Waals surface area contributed by atoms with Gasteiger partial charge in [0, 0.05) is 29.4 Å². The molecule has 0 aliphatic carbocycles. The molecule has 0 spiro atoms.